The molecule has 0 aromatic carbocycles. The van der Waals surface area contributed by atoms with E-state index in [9.17, 15) is 0 Å². The molecule has 1 saturated carbocycles. The maximum atomic E-state index is 4.51. The lowest BCUT2D eigenvalue weighted by Crippen LogP contribution is -2.51. The van der Waals surface area contributed by atoms with Crippen LogP contribution in [0.2, 0.25) is 0 Å². The van der Waals surface area contributed by atoms with Gasteiger partial charge in [-0.05, 0) is 37.4 Å². The third kappa shape index (κ3) is 2.28. The van der Waals surface area contributed by atoms with E-state index < -0.39 is 0 Å². The highest BCUT2D eigenvalue weighted by Gasteiger charge is 2.28. The quantitative estimate of drug-likeness (QED) is 0.849. The summed E-state index contributed by atoms with van der Waals surface area (Å²) < 4.78 is 1.73. The molecule has 6 nitrogen and oxygen atoms in total. The molecule has 3 heterocycles. The second-order valence-corrected chi connectivity index (χ2v) is 5.70. The van der Waals surface area contributed by atoms with Crippen LogP contribution in [-0.4, -0.2) is 46.0 Å². The molecule has 1 aliphatic heterocycles. The van der Waals surface area contributed by atoms with E-state index in [1.807, 2.05) is 12.1 Å². The highest BCUT2D eigenvalue weighted by atomic mass is 15.4. The minimum atomic E-state index is 0.761. The van der Waals surface area contributed by atoms with Crippen LogP contribution in [0.1, 0.15) is 12.8 Å². The number of nitrogens with one attached hydrogen (secondary N) is 1. The largest absolute Gasteiger partial charge is 0.354 e. The first-order valence-corrected chi connectivity index (χ1v) is 7.01. The molecule has 1 N–H and O–H groups in total. The fourth-order valence-electron chi connectivity index (χ4n) is 2.59. The van der Waals surface area contributed by atoms with Gasteiger partial charge in [0.25, 0.3) is 0 Å². The highest BCUT2D eigenvalue weighted by Crippen LogP contribution is 2.28. The average molecular weight is 258 g/mol. The third-order valence-corrected chi connectivity index (χ3v) is 3.99. The number of aromatic nitrogens is 4. The number of nitrogens with zero attached hydrogens (tertiary/aromatic N) is 5. The van der Waals surface area contributed by atoms with Crippen molar-refractivity contribution in [1.82, 2.24) is 25.1 Å². The molecule has 1 aliphatic carbocycles. The maximum Gasteiger partial charge on any atom is 0.177 e. The summed E-state index contributed by atoms with van der Waals surface area (Å²) in [4.78, 5) is 2.31. The zero-order valence-electron chi connectivity index (χ0n) is 10.9. The second kappa shape index (κ2) is 4.45. The van der Waals surface area contributed by atoms with Gasteiger partial charge in [-0.15, -0.1) is 15.3 Å². The van der Waals surface area contributed by atoms with E-state index in [1.165, 1.54) is 19.4 Å². The van der Waals surface area contributed by atoms with E-state index in [0.29, 0.717) is 0 Å². The van der Waals surface area contributed by atoms with Crippen molar-refractivity contribution in [1.29, 1.82) is 0 Å². The number of hydrogen-bond acceptors (Lipinski definition) is 5. The molecule has 100 valence electrons. The minimum absolute atomic E-state index is 0.761. The van der Waals surface area contributed by atoms with Crippen molar-refractivity contribution in [3.8, 4) is 0 Å². The van der Waals surface area contributed by atoms with Crippen molar-refractivity contribution >= 4 is 11.5 Å². The summed E-state index contributed by atoms with van der Waals surface area (Å²) in [5.74, 6) is 2.75. The summed E-state index contributed by atoms with van der Waals surface area (Å²) in [6, 6.07) is 3.99. The third-order valence-electron chi connectivity index (χ3n) is 3.99. The van der Waals surface area contributed by atoms with Gasteiger partial charge in [0, 0.05) is 25.6 Å². The molecule has 2 fully saturated rings. The Hall–Kier alpha value is -1.69. The van der Waals surface area contributed by atoms with Gasteiger partial charge >= 0.3 is 0 Å². The van der Waals surface area contributed by atoms with Gasteiger partial charge in [-0.1, -0.05) is 0 Å². The molecule has 6 heteroatoms. The minimum Gasteiger partial charge on any atom is -0.354 e. The summed E-state index contributed by atoms with van der Waals surface area (Å²) in [5, 5.41) is 15.9. The summed E-state index contributed by atoms with van der Waals surface area (Å²) in [5.41, 5.74) is 0.798. The molecule has 19 heavy (non-hydrogen) atoms. The molecule has 2 aromatic heterocycles. The molecule has 0 radical (unpaired) electrons. The zero-order valence-corrected chi connectivity index (χ0v) is 10.9. The van der Waals surface area contributed by atoms with Crippen LogP contribution in [-0.2, 0) is 0 Å². The summed E-state index contributed by atoms with van der Waals surface area (Å²) in [6.45, 7) is 4.54. The topological polar surface area (TPSA) is 58.4 Å². The van der Waals surface area contributed by atoms with Gasteiger partial charge in [0.2, 0.25) is 0 Å². The normalized spacial score (nSPS) is 19.9. The fraction of sp³-hybridized carbons (Fsp3) is 0.615. The lowest BCUT2D eigenvalue weighted by atomic mass is 10.0. The molecule has 0 bridgehead atoms. The molecular weight excluding hydrogens is 240 g/mol. The van der Waals surface area contributed by atoms with Gasteiger partial charge in [0.1, 0.15) is 12.1 Å². The Labute approximate surface area is 111 Å². The Morgan fingerprint density at radius 2 is 2.00 bits per heavy atom. The van der Waals surface area contributed by atoms with Gasteiger partial charge in [0.15, 0.2) is 5.65 Å². The van der Waals surface area contributed by atoms with Crippen LogP contribution in [0.25, 0.3) is 5.65 Å². The van der Waals surface area contributed by atoms with Crippen LogP contribution in [0.15, 0.2) is 18.5 Å². The van der Waals surface area contributed by atoms with Crippen molar-refractivity contribution in [2.24, 2.45) is 11.8 Å². The van der Waals surface area contributed by atoms with Crippen LogP contribution in [0.3, 0.4) is 0 Å². The van der Waals surface area contributed by atoms with Crippen molar-refractivity contribution < 1.29 is 0 Å². The van der Waals surface area contributed by atoms with Crippen molar-refractivity contribution in [2.75, 3.05) is 31.1 Å². The number of rotatable bonds is 5. The van der Waals surface area contributed by atoms with Gasteiger partial charge in [-0.2, -0.15) is 4.52 Å². The van der Waals surface area contributed by atoms with Gasteiger partial charge in [-0.25, -0.2) is 0 Å². The lowest BCUT2D eigenvalue weighted by Gasteiger charge is -2.40. The summed E-state index contributed by atoms with van der Waals surface area (Å²) >= 11 is 0. The molecule has 0 unspecified atom stereocenters. The predicted molar refractivity (Wildman–Crippen MR) is 72.1 cm³/mol. The first kappa shape index (κ1) is 11.2. The second-order valence-electron chi connectivity index (χ2n) is 5.70. The number of anilines is 1. The van der Waals surface area contributed by atoms with Crippen LogP contribution in [0, 0.1) is 11.8 Å². The SMILES string of the molecule is c1cc2nncn2nc1N1CC(CNCC2CC2)C1. The molecule has 0 atom stereocenters. The standard InChI is InChI=1S/C13H18N6/c1-2-10(1)5-14-6-11-7-18(8-11)13-4-3-12-16-15-9-19(12)17-13/h3-4,9-11,14H,1-2,5-8H2. The van der Waals surface area contributed by atoms with Crippen molar-refractivity contribution in [2.45, 2.75) is 12.8 Å². The van der Waals surface area contributed by atoms with E-state index in [1.54, 1.807) is 10.8 Å². The van der Waals surface area contributed by atoms with Gasteiger partial charge in [-0.3, -0.25) is 0 Å². The Morgan fingerprint density at radius 3 is 2.84 bits per heavy atom. The monoisotopic (exact) mass is 258 g/mol. The Morgan fingerprint density at radius 1 is 1.16 bits per heavy atom. The van der Waals surface area contributed by atoms with E-state index in [2.05, 4.69) is 25.5 Å². The Bertz CT molecular complexity index is 569. The van der Waals surface area contributed by atoms with E-state index in [0.717, 1.165) is 42.9 Å². The molecule has 2 aromatic rings. The van der Waals surface area contributed by atoms with Crippen molar-refractivity contribution in [3.63, 3.8) is 0 Å². The van der Waals surface area contributed by atoms with E-state index in [-0.39, 0.29) is 0 Å². The molecule has 0 spiro atoms. The molecular formula is C13H18N6. The van der Waals surface area contributed by atoms with Crippen LogP contribution in [0.4, 0.5) is 5.82 Å². The van der Waals surface area contributed by atoms with E-state index in [4.69, 9.17) is 0 Å². The van der Waals surface area contributed by atoms with Gasteiger partial charge in [0.05, 0.1) is 0 Å². The predicted octanol–water partition coefficient (Wildman–Crippen LogP) is 0.560. The van der Waals surface area contributed by atoms with E-state index >= 15 is 0 Å². The highest BCUT2D eigenvalue weighted by molar-refractivity contribution is 5.46. The zero-order chi connectivity index (χ0) is 12.7. The Balaban J connectivity index is 1.31. The van der Waals surface area contributed by atoms with Gasteiger partial charge < -0.3 is 10.2 Å². The number of fused-ring (bicyclic) bond motifs is 1. The lowest BCUT2D eigenvalue weighted by molar-refractivity contribution is 0.379. The molecule has 0 amide bonds. The first-order chi connectivity index (χ1) is 9.38. The Kier molecular flexibility index (Phi) is 2.61. The first-order valence-electron chi connectivity index (χ1n) is 7.01. The van der Waals surface area contributed by atoms with Crippen LogP contribution < -0.4 is 10.2 Å². The van der Waals surface area contributed by atoms with Crippen molar-refractivity contribution in [3.05, 3.63) is 18.5 Å². The maximum absolute atomic E-state index is 4.51. The molecule has 1 saturated heterocycles. The average Bonchev–Trinajstić information content (AvgIpc) is 3.07. The smallest absolute Gasteiger partial charge is 0.177 e. The van der Waals surface area contributed by atoms with Crippen LogP contribution in [0.5, 0.6) is 0 Å². The summed E-state index contributed by atoms with van der Waals surface area (Å²) in [6.07, 6.45) is 4.49. The van der Waals surface area contributed by atoms with Crippen LogP contribution >= 0.6 is 0 Å². The molecule has 4 rings (SSSR count). The number of hydrogen-bond donors (Lipinski definition) is 1. The fourth-order valence-corrected chi connectivity index (χ4v) is 2.59. The summed E-state index contributed by atoms with van der Waals surface area (Å²) in [7, 11) is 0. The molecule has 2 aliphatic rings.